The number of oxime groups is 1. The summed E-state index contributed by atoms with van der Waals surface area (Å²) in [5.41, 5.74) is 0.250. The van der Waals surface area contributed by atoms with Gasteiger partial charge in [0.15, 0.2) is 17.0 Å². The van der Waals surface area contributed by atoms with Crippen molar-refractivity contribution < 1.29 is 27.9 Å². The van der Waals surface area contributed by atoms with Crippen molar-refractivity contribution in [3.63, 3.8) is 0 Å². The number of nitrogens with zero attached hydrogens (tertiary/aromatic N) is 3. The molecule has 3 aliphatic rings. The van der Waals surface area contributed by atoms with Crippen LogP contribution in [0.2, 0.25) is 0 Å². The topological polar surface area (TPSA) is 102 Å². The van der Waals surface area contributed by atoms with Gasteiger partial charge in [0, 0.05) is 43.4 Å². The number of hydrogen-bond donors (Lipinski definition) is 1. The van der Waals surface area contributed by atoms with Crippen molar-refractivity contribution in [3.05, 3.63) is 98.5 Å². The Labute approximate surface area is 247 Å². The van der Waals surface area contributed by atoms with Crippen LogP contribution in [0.15, 0.2) is 58.6 Å². The van der Waals surface area contributed by atoms with Crippen LogP contribution in [0.3, 0.4) is 0 Å². The van der Waals surface area contributed by atoms with Crippen LogP contribution in [0.1, 0.15) is 76.7 Å². The molecule has 0 unspecified atom stereocenters. The highest BCUT2D eigenvalue weighted by Gasteiger charge is 2.54. The summed E-state index contributed by atoms with van der Waals surface area (Å²) in [6.45, 7) is 5.40. The third-order valence-electron chi connectivity index (χ3n) is 8.70. The second-order valence-electron chi connectivity index (χ2n) is 11.6. The van der Waals surface area contributed by atoms with E-state index >= 15 is 0 Å². The number of rotatable bonds is 6. The molecule has 1 fully saturated rings. The van der Waals surface area contributed by atoms with E-state index in [1.165, 1.54) is 19.2 Å². The van der Waals surface area contributed by atoms with Gasteiger partial charge >= 0.3 is 0 Å². The number of benzene rings is 2. The summed E-state index contributed by atoms with van der Waals surface area (Å²) in [7, 11) is 0. The highest BCUT2D eigenvalue weighted by molar-refractivity contribution is 5.99. The highest BCUT2D eigenvalue weighted by Crippen LogP contribution is 2.46. The number of halogens is 2. The van der Waals surface area contributed by atoms with Crippen molar-refractivity contribution >= 4 is 17.5 Å². The van der Waals surface area contributed by atoms with Crippen LogP contribution in [-0.4, -0.2) is 45.2 Å². The summed E-state index contributed by atoms with van der Waals surface area (Å²) in [5, 5.41) is 6.84. The molecule has 2 bridgehead atoms. The number of ether oxygens (including phenoxy) is 1. The quantitative estimate of drug-likeness (QED) is 0.450. The fourth-order valence-corrected chi connectivity index (χ4v) is 6.36. The van der Waals surface area contributed by atoms with Gasteiger partial charge in [0.1, 0.15) is 23.8 Å². The summed E-state index contributed by atoms with van der Waals surface area (Å²) < 4.78 is 35.9. The molecule has 3 aliphatic heterocycles. The van der Waals surface area contributed by atoms with Crippen LogP contribution in [0, 0.1) is 18.6 Å². The van der Waals surface area contributed by atoms with Crippen LogP contribution in [-0.2, 0) is 18.0 Å². The van der Waals surface area contributed by atoms with Gasteiger partial charge in [-0.05, 0) is 50.8 Å². The molecule has 0 saturated carbocycles. The first kappa shape index (κ1) is 28.6. The molecule has 2 aromatic carbocycles. The normalized spacial score (nSPS) is 22.5. The number of carbonyl (C=O) groups excluding carboxylic acids is 2. The van der Waals surface area contributed by atoms with E-state index in [1.54, 1.807) is 9.47 Å². The molecular weight excluding hydrogens is 558 g/mol. The fourth-order valence-electron chi connectivity index (χ4n) is 6.36. The van der Waals surface area contributed by atoms with Gasteiger partial charge in [-0.15, -0.1) is 0 Å². The fraction of sp³-hybridized carbons (Fsp3) is 0.375. The third kappa shape index (κ3) is 5.06. The van der Waals surface area contributed by atoms with Gasteiger partial charge in [0.2, 0.25) is 5.43 Å². The van der Waals surface area contributed by atoms with Crippen LogP contribution < -0.4 is 15.5 Å². The molecule has 9 nitrogen and oxygen atoms in total. The minimum atomic E-state index is -0.805. The zero-order chi connectivity index (χ0) is 30.5. The minimum absolute atomic E-state index is 0.00843. The summed E-state index contributed by atoms with van der Waals surface area (Å²) in [6, 6.07) is 10.5. The molecule has 0 radical (unpaired) electrons. The molecule has 3 atom stereocenters. The maximum atomic E-state index is 14.5. The number of fused-ring (bicyclic) bond motifs is 5. The van der Waals surface area contributed by atoms with E-state index in [0.29, 0.717) is 31.4 Å². The average Bonchev–Trinajstić information content (AvgIpc) is 3.30. The largest absolute Gasteiger partial charge is 0.483 e. The molecule has 3 aromatic rings. The second-order valence-corrected chi connectivity index (χ2v) is 11.6. The lowest BCUT2D eigenvalue weighted by atomic mass is 9.84. The monoisotopic (exact) mass is 590 g/mol. The number of aryl methyl sites for hydroxylation is 1. The lowest BCUT2D eigenvalue weighted by Gasteiger charge is -2.42. The molecule has 2 amide bonds. The zero-order valence-corrected chi connectivity index (χ0v) is 24.2. The summed E-state index contributed by atoms with van der Waals surface area (Å²) >= 11 is 0. The van der Waals surface area contributed by atoms with Gasteiger partial charge in [-0.3, -0.25) is 14.4 Å². The minimum Gasteiger partial charge on any atom is -0.483 e. The molecule has 1 spiro atoms. The highest BCUT2D eigenvalue weighted by atomic mass is 19.1. The zero-order valence-electron chi connectivity index (χ0n) is 24.2. The Morgan fingerprint density at radius 1 is 1.19 bits per heavy atom. The molecule has 224 valence electrons. The molecular formula is C32H32F2N4O5. The van der Waals surface area contributed by atoms with Crippen molar-refractivity contribution in [3.8, 4) is 5.75 Å². The second kappa shape index (κ2) is 10.9. The molecule has 4 heterocycles. The number of hydrogen-bond acceptors (Lipinski definition) is 6. The maximum absolute atomic E-state index is 14.5. The summed E-state index contributed by atoms with van der Waals surface area (Å²) in [6.07, 6.45) is 3.19. The molecule has 1 aromatic heterocycles. The maximum Gasteiger partial charge on any atom is 0.274 e. The van der Waals surface area contributed by atoms with E-state index in [0.717, 1.165) is 17.3 Å². The molecule has 1 N–H and O–H groups in total. The molecule has 43 heavy (non-hydrogen) atoms. The number of amides is 2. The number of nitrogens with one attached hydrogen (secondary N) is 1. The first-order valence-electron chi connectivity index (χ1n) is 14.3. The molecule has 0 aliphatic carbocycles. The van der Waals surface area contributed by atoms with Gasteiger partial charge in [0.05, 0.1) is 11.8 Å². The molecule has 1 saturated heterocycles. The Bertz CT molecular complexity index is 1680. The van der Waals surface area contributed by atoms with E-state index in [2.05, 4.69) is 10.5 Å². The predicted molar refractivity (Wildman–Crippen MR) is 154 cm³/mol. The van der Waals surface area contributed by atoms with Crippen LogP contribution >= 0.6 is 0 Å². The van der Waals surface area contributed by atoms with Crippen LogP contribution in [0.25, 0.3) is 0 Å². The Hall–Kier alpha value is -4.54. The first-order valence-corrected chi connectivity index (χ1v) is 14.3. The SMILES string of the molecule is CC1=NO[C@@]2(CC[C@H](C)N3C[C@H]2n2cc(C(=O)NCc4c(C)cc(F)cc4F)c(=O)c(OCc4ccccc4)c2C3=O)C1. The number of carbonyl (C=O) groups is 2. The Kier molecular flexibility index (Phi) is 7.27. The van der Waals surface area contributed by atoms with Crippen molar-refractivity contribution in [2.24, 2.45) is 5.16 Å². The van der Waals surface area contributed by atoms with Crippen LogP contribution in [0.4, 0.5) is 8.78 Å². The van der Waals surface area contributed by atoms with E-state index in [-0.39, 0.29) is 47.7 Å². The summed E-state index contributed by atoms with van der Waals surface area (Å²) in [5.74, 6) is -2.91. The van der Waals surface area contributed by atoms with E-state index in [4.69, 9.17) is 9.57 Å². The Morgan fingerprint density at radius 3 is 2.65 bits per heavy atom. The van der Waals surface area contributed by atoms with Crippen molar-refractivity contribution in [1.82, 2.24) is 14.8 Å². The van der Waals surface area contributed by atoms with E-state index in [9.17, 15) is 23.2 Å². The first-order chi connectivity index (χ1) is 20.6. The van der Waals surface area contributed by atoms with Crippen molar-refractivity contribution in [2.45, 2.75) is 70.9 Å². The average molecular weight is 591 g/mol. The lowest BCUT2D eigenvalue weighted by molar-refractivity contribution is -0.0656. The predicted octanol–water partition coefficient (Wildman–Crippen LogP) is 4.66. The lowest BCUT2D eigenvalue weighted by Crippen LogP contribution is -2.52. The summed E-state index contributed by atoms with van der Waals surface area (Å²) in [4.78, 5) is 49.3. The molecule has 11 heteroatoms. The van der Waals surface area contributed by atoms with Gasteiger partial charge < -0.3 is 24.4 Å². The number of aromatic nitrogens is 1. The van der Waals surface area contributed by atoms with Gasteiger partial charge in [-0.25, -0.2) is 8.78 Å². The standard InChI is InChI=1S/C32H32F2N4O5/c1-18-11-22(33)12-25(34)23(18)14-35-30(40)24-15-38-26-16-37(20(3)9-10-32(26)13-19(2)36-43-32)31(41)27(38)29(28(24)39)42-17-21-7-5-4-6-8-21/h4-8,11-12,15,20,26H,9-10,13-14,16-17H2,1-3H3,(H,35,40)/t20-,26+,32-/m0/s1. The van der Waals surface area contributed by atoms with Gasteiger partial charge in [0.25, 0.3) is 11.8 Å². The van der Waals surface area contributed by atoms with Crippen LogP contribution in [0.5, 0.6) is 5.75 Å². The van der Waals surface area contributed by atoms with Crippen molar-refractivity contribution in [2.75, 3.05) is 6.54 Å². The Balaban J connectivity index is 1.45. The molecule has 6 rings (SSSR count). The van der Waals surface area contributed by atoms with Gasteiger partial charge in [-0.2, -0.15) is 0 Å². The van der Waals surface area contributed by atoms with E-state index in [1.807, 2.05) is 44.2 Å². The smallest absolute Gasteiger partial charge is 0.274 e. The third-order valence-corrected chi connectivity index (χ3v) is 8.70. The Morgan fingerprint density at radius 2 is 1.95 bits per heavy atom. The number of pyridine rings is 1. The van der Waals surface area contributed by atoms with E-state index < -0.39 is 34.6 Å². The van der Waals surface area contributed by atoms with Gasteiger partial charge in [-0.1, -0.05) is 35.5 Å². The van der Waals surface area contributed by atoms with Crippen molar-refractivity contribution in [1.29, 1.82) is 0 Å².